The van der Waals surface area contributed by atoms with E-state index in [2.05, 4.69) is 0 Å². The van der Waals surface area contributed by atoms with Crippen molar-refractivity contribution < 1.29 is 25.0 Å². The molecule has 1 amide bonds. The summed E-state index contributed by atoms with van der Waals surface area (Å²) < 4.78 is 5.26. The quantitative estimate of drug-likeness (QED) is 0.348. The molecule has 0 radical (unpaired) electrons. The fourth-order valence-electron chi connectivity index (χ4n) is 2.05. The lowest BCUT2D eigenvalue weighted by atomic mass is 9.88. The van der Waals surface area contributed by atoms with E-state index in [-0.39, 0.29) is 19.1 Å². The smallest absolute Gasteiger partial charge is 0.270 e. The van der Waals surface area contributed by atoms with Gasteiger partial charge >= 0.3 is 0 Å². The Kier molecular flexibility index (Phi) is 7.04. The van der Waals surface area contributed by atoms with Gasteiger partial charge in [0.1, 0.15) is 12.4 Å². The third kappa shape index (κ3) is 4.56. The van der Waals surface area contributed by atoms with Crippen LogP contribution in [0.1, 0.15) is 32.4 Å². The summed E-state index contributed by atoms with van der Waals surface area (Å²) in [5, 5.41) is 27.8. The van der Waals surface area contributed by atoms with Crippen LogP contribution in [0.25, 0.3) is 0 Å². The Morgan fingerprint density at radius 1 is 1.27 bits per heavy atom. The minimum absolute atomic E-state index is 0.0579. The maximum atomic E-state index is 11.4. The summed E-state index contributed by atoms with van der Waals surface area (Å²) in [7, 11) is 0. The third-order valence-electron chi connectivity index (χ3n) is 3.77. The summed E-state index contributed by atoms with van der Waals surface area (Å²) in [6.07, 6.45) is -0.784. The molecule has 1 rings (SSSR count). The Balaban J connectivity index is 2.86. The molecule has 0 unspecified atom stereocenters. The first-order valence-corrected chi connectivity index (χ1v) is 7.05. The van der Waals surface area contributed by atoms with E-state index in [1.54, 1.807) is 43.6 Å². The van der Waals surface area contributed by atoms with E-state index in [9.17, 15) is 9.90 Å². The molecule has 0 fully saturated rings. The molecule has 22 heavy (non-hydrogen) atoms. The minimum Gasteiger partial charge on any atom is -0.491 e. The lowest BCUT2D eigenvalue weighted by Gasteiger charge is -2.22. The van der Waals surface area contributed by atoms with Gasteiger partial charge in [-0.25, -0.2) is 5.48 Å². The molecule has 0 aliphatic carbocycles. The number of carbonyl (C=O) groups is 1. The number of amides is 1. The van der Waals surface area contributed by atoms with E-state index in [0.29, 0.717) is 22.5 Å². The molecule has 6 heteroatoms. The van der Waals surface area contributed by atoms with E-state index in [4.69, 9.17) is 15.1 Å². The predicted octanol–water partition coefficient (Wildman–Crippen LogP) is 1.57. The van der Waals surface area contributed by atoms with Gasteiger partial charge in [-0.2, -0.15) is 0 Å². The van der Waals surface area contributed by atoms with Gasteiger partial charge in [0.05, 0.1) is 12.7 Å². The van der Waals surface area contributed by atoms with Crippen LogP contribution < -0.4 is 10.2 Å². The van der Waals surface area contributed by atoms with E-state index in [1.807, 2.05) is 6.92 Å². The second-order valence-corrected chi connectivity index (χ2v) is 5.12. The van der Waals surface area contributed by atoms with Crippen molar-refractivity contribution in [3.05, 3.63) is 41.0 Å². The average Bonchev–Trinajstić information content (AvgIpc) is 2.56. The van der Waals surface area contributed by atoms with Crippen molar-refractivity contribution in [2.45, 2.75) is 26.9 Å². The van der Waals surface area contributed by atoms with Gasteiger partial charge in [-0.1, -0.05) is 24.6 Å². The van der Waals surface area contributed by atoms with Gasteiger partial charge in [0, 0.05) is 11.5 Å². The normalized spacial score (nSPS) is 14.8. The molecule has 0 bridgehead atoms. The van der Waals surface area contributed by atoms with Gasteiger partial charge in [-0.3, -0.25) is 10.0 Å². The zero-order valence-corrected chi connectivity index (χ0v) is 13.0. The van der Waals surface area contributed by atoms with Crippen LogP contribution in [-0.2, 0) is 4.79 Å². The summed E-state index contributed by atoms with van der Waals surface area (Å²) in [5.41, 5.74) is 3.35. The van der Waals surface area contributed by atoms with Gasteiger partial charge in [-0.15, -0.1) is 0 Å². The number of carbonyl (C=O) groups excluding carboxylic acids is 1. The Bertz CT molecular complexity index is 524. The summed E-state index contributed by atoms with van der Waals surface area (Å²) >= 11 is 0. The zero-order valence-electron chi connectivity index (χ0n) is 13.0. The topological polar surface area (TPSA) is 99.0 Å². The lowest BCUT2D eigenvalue weighted by Crippen LogP contribution is -2.22. The number of rotatable bonds is 7. The van der Waals surface area contributed by atoms with Crippen molar-refractivity contribution in [2.24, 2.45) is 5.92 Å². The molecule has 1 aromatic rings. The summed E-state index contributed by atoms with van der Waals surface area (Å²) in [4.78, 5) is 11.4. The largest absolute Gasteiger partial charge is 0.491 e. The molecule has 0 spiro atoms. The molecular weight excluding hydrogens is 286 g/mol. The van der Waals surface area contributed by atoms with Crippen molar-refractivity contribution in [2.75, 3.05) is 13.2 Å². The van der Waals surface area contributed by atoms with E-state index >= 15 is 0 Å². The first kappa shape index (κ1) is 18.2. The molecule has 6 nitrogen and oxygen atoms in total. The number of benzene rings is 1. The number of aliphatic hydroxyl groups excluding tert-OH is 2. The van der Waals surface area contributed by atoms with Gasteiger partial charge in [0.2, 0.25) is 0 Å². The molecule has 0 aromatic heterocycles. The van der Waals surface area contributed by atoms with Crippen molar-refractivity contribution in [3.63, 3.8) is 0 Å². The summed E-state index contributed by atoms with van der Waals surface area (Å²) in [6.45, 7) is 5.31. The molecule has 0 aliphatic heterocycles. The first-order chi connectivity index (χ1) is 10.4. The standard InChI is InChI=1S/C16H23NO5/c1-10(12(3)16(20)17-21)11(2)15(19)13-4-6-14(7-5-13)22-9-8-18/h4-7,11,15,18-19,21H,8-9H2,1-3H3,(H,17,20)/b12-10+/t11-,15-/m0/s1. The molecule has 0 saturated carbocycles. The average molecular weight is 309 g/mol. The van der Waals surface area contributed by atoms with Crippen molar-refractivity contribution >= 4 is 5.91 Å². The van der Waals surface area contributed by atoms with Crippen LogP contribution in [-0.4, -0.2) is 34.5 Å². The second-order valence-electron chi connectivity index (χ2n) is 5.12. The summed E-state index contributed by atoms with van der Waals surface area (Å²) in [5.74, 6) is -0.258. The highest BCUT2D eigenvalue weighted by Crippen LogP contribution is 2.30. The number of ether oxygens (including phenoxy) is 1. The number of hydrogen-bond donors (Lipinski definition) is 4. The van der Waals surface area contributed by atoms with Crippen LogP contribution in [0.5, 0.6) is 5.75 Å². The third-order valence-corrected chi connectivity index (χ3v) is 3.77. The van der Waals surface area contributed by atoms with Gasteiger partial charge < -0.3 is 14.9 Å². The molecule has 4 N–H and O–H groups in total. The van der Waals surface area contributed by atoms with Crippen LogP contribution in [0.15, 0.2) is 35.4 Å². The van der Waals surface area contributed by atoms with Crippen molar-refractivity contribution in [3.8, 4) is 5.75 Å². The molecular formula is C16H23NO5. The van der Waals surface area contributed by atoms with E-state index < -0.39 is 12.0 Å². The van der Waals surface area contributed by atoms with Gasteiger partial charge in [-0.05, 0) is 31.5 Å². The number of aliphatic hydroxyl groups is 2. The van der Waals surface area contributed by atoms with Crippen LogP contribution >= 0.6 is 0 Å². The fourth-order valence-corrected chi connectivity index (χ4v) is 2.05. The molecule has 0 aliphatic rings. The SMILES string of the molecule is C/C(C(=O)NO)=C(/C)[C@H](C)[C@H](O)c1ccc(OCCO)cc1. The number of nitrogens with one attached hydrogen (secondary N) is 1. The van der Waals surface area contributed by atoms with Gasteiger partial charge in [0.25, 0.3) is 5.91 Å². The van der Waals surface area contributed by atoms with Crippen LogP contribution in [0.2, 0.25) is 0 Å². The minimum atomic E-state index is -0.784. The zero-order chi connectivity index (χ0) is 16.7. The van der Waals surface area contributed by atoms with E-state index in [1.165, 1.54) is 0 Å². The van der Waals surface area contributed by atoms with E-state index in [0.717, 1.165) is 0 Å². The number of hydroxylamine groups is 1. The monoisotopic (exact) mass is 309 g/mol. The maximum absolute atomic E-state index is 11.4. The first-order valence-electron chi connectivity index (χ1n) is 7.05. The summed E-state index contributed by atoms with van der Waals surface area (Å²) in [6, 6.07) is 6.91. The highest BCUT2D eigenvalue weighted by molar-refractivity contribution is 5.92. The molecule has 122 valence electrons. The Labute approximate surface area is 130 Å². The number of hydrogen-bond acceptors (Lipinski definition) is 5. The molecule has 0 saturated heterocycles. The second kappa shape index (κ2) is 8.53. The Morgan fingerprint density at radius 3 is 2.36 bits per heavy atom. The van der Waals surface area contributed by atoms with Gasteiger partial charge in [0.15, 0.2) is 0 Å². The Hall–Kier alpha value is -1.89. The van der Waals surface area contributed by atoms with Crippen molar-refractivity contribution in [1.29, 1.82) is 0 Å². The highest BCUT2D eigenvalue weighted by atomic mass is 16.5. The van der Waals surface area contributed by atoms with Crippen molar-refractivity contribution in [1.82, 2.24) is 5.48 Å². The van der Waals surface area contributed by atoms with Crippen LogP contribution in [0.3, 0.4) is 0 Å². The lowest BCUT2D eigenvalue weighted by molar-refractivity contribution is -0.125. The molecule has 1 aromatic carbocycles. The highest BCUT2D eigenvalue weighted by Gasteiger charge is 2.21. The molecule has 2 atom stereocenters. The predicted molar refractivity (Wildman–Crippen MR) is 81.4 cm³/mol. The Morgan fingerprint density at radius 2 is 1.86 bits per heavy atom. The van der Waals surface area contributed by atoms with Crippen LogP contribution in [0.4, 0.5) is 0 Å². The van der Waals surface area contributed by atoms with Crippen LogP contribution in [0, 0.1) is 5.92 Å². The fraction of sp³-hybridized carbons (Fsp3) is 0.438. The maximum Gasteiger partial charge on any atom is 0.270 e. The molecule has 0 heterocycles.